The summed E-state index contributed by atoms with van der Waals surface area (Å²) >= 11 is 0. The molecule has 0 aliphatic heterocycles. The molecular weight excluding hydrogens is 352 g/mol. The molecule has 8 heteroatoms. The van der Waals surface area contributed by atoms with Crippen LogP contribution in [0.4, 0.5) is 0 Å². The molecule has 0 bridgehead atoms. The first-order valence-corrected chi connectivity index (χ1v) is 7.93. The monoisotopic (exact) mass is 368 g/mol. The fourth-order valence-corrected chi connectivity index (χ4v) is 2.32. The van der Waals surface area contributed by atoms with E-state index in [1.165, 1.54) is 32.4 Å². The molecule has 27 heavy (non-hydrogen) atoms. The molecule has 0 spiro atoms. The second kappa shape index (κ2) is 8.13. The Morgan fingerprint density at radius 3 is 2.19 bits per heavy atom. The van der Waals surface area contributed by atoms with E-state index < -0.39 is 11.9 Å². The smallest absolute Gasteiger partial charge is 0.338 e. The van der Waals surface area contributed by atoms with Crippen LogP contribution in [0.15, 0.2) is 53.1 Å². The van der Waals surface area contributed by atoms with E-state index in [-0.39, 0.29) is 29.4 Å². The zero-order valence-electron chi connectivity index (χ0n) is 14.7. The highest BCUT2D eigenvalue weighted by Crippen LogP contribution is 2.21. The number of esters is 2. The molecule has 2 aromatic carbocycles. The quantitative estimate of drug-likeness (QED) is 0.612. The van der Waals surface area contributed by atoms with E-state index in [0.717, 1.165) is 5.56 Å². The average Bonchev–Trinajstić information content (AvgIpc) is 3.20. The molecule has 1 heterocycles. The maximum absolute atomic E-state index is 11.8. The van der Waals surface area contributed by atoms with Crippen LogP contribution < -0.4 is 4.74 Å². The number of hydrogen-bond acceptors (Lipinski definition) is 8. The molecule has 138 valence electrons. The first kappa shape index (κ1) is 18.1. The van der Waals surface area contributed by atoms with Crippen molar-refractivity contribution >= 4 is 11.9 Å². The third-order valence-corrected chi connectivity index (χ3v) is 3.61. The van der Waals surface area contributed by atoms with Crippen molar-refractivity contribution in [2.24, 2.45) is 0 Å². The summed E-state index contributed by atoms with van der Waals surface area (Å²) in [5.41, 5.74) is 1.13. The lowest BCUT2D eigenvalue weighted by Gasteiger charge is -2.08. The zero-order chi connectivity index (χ0) is 19.2. The van der Waals surface area contributed by atoms with Gasteiger partial charge in [0.05, 0.1) is 25.3 Å². The minimum Gasteiger partial charge on any atom is -0.484 e. The average molecular weight is 368 g/mol. The largest absolute Gasteiger partial charge is 0.484 e. The van der Waals surface area contributed by atoms with Gasteiger partial charge in [-0.25, -0.2) is 9.59 Å². The molecule has 0 N–H and O–H groups in total. The lowest BCUT2D eigenvalue weighted by Crippen LogP contribution is -2.08. The Morgan fingerprint density at radius 1 is 0.963 bits per heavy atom. The van der Waals surface area contributed by atoms with Gasteiger partial charge in [0.25, 0.3) is 5.89 Å². The summed E-state index contributed by atoms with van der Waals surface area (Å²) in [7, 11) is 2.49. The number of hydrogen-bond donors (Lipinski definition) is 0. The zero-order valence-corrected chi connectivity index (χ0v) is 14.7. The third-order valence-electron chi connectivity index (χ3n) is 3.61. The third kappa shape index (κ3) is 4.30. The Morgan fingerprint density at radius 2 is 1.59 bits per heavy atom. The number of nitrogens with zero attached hydrogens (tertiary/aromatic N) is 2. The highest BCUT2D eigenvalue weighted by molar-refractivity contribution is 5.96. The van der Waals surface area contributed by atoms with Crippen LogP contribution in [-0.4, -0.2) is 36.3 Å². The maximum Gasteiger partial charge on any atom is 0.338 e. The van der Waals surface area contributed by atoms with Crippen molar-refractivity contribution in [1.29, 1.82) is 0 Å². The molecule has 8 nitrogen and oxygen atoms in total. The Labute approximate surface area is 154 Å². The first-order valence-electron chi connectivity index (χ1n) is 7.93. The Bertz CT molecular complexity index is 918. The minimum absolute atomic E-state index is 0.0366. The summed E-state index contributed by atoms with van der Waals surface area (Å²) in [5, 5.41) is 3.90. The predicted octanol–water partition coefficient (Wildman–Crippen LogP) is 2.89. The van der Waals surface area contributed by atoms with E-state index in [1.54, 1.807) is 0 Å². The van der Waals surface area contributed by atoms with Crippen molar-refractivity contribution in [3.05, 3.63) is 65.5 Å². The molecule has 3 aromatic rings. The van der Waals surface area contributed by atoms with Crippen molar-refractivity contribution in [1.82, 2.24) is 10.1 Å². The highest BCUT2D eigenvalue weighted by Gasteiger charge is 2.15. The van der Waals surface area contributed by atoms with Gasteiger partial charge in [-0.3, -0.25) is 0 Å². The number of rotatable bonds is 6. The summed E-state index contributed by atoms with van der Waals surface area (Å²) in [6, 6.07) is 13.6. The molecular formula is C19H16N2O6. The van der Waals surface area contributed by atoms with Crippen molar-refractivity contribution in [3.63, 3.8) is 0 Å². The topological polar surface area (TPSA) is 101 Å². The summed E-state index contributed by atoms with van der Waals surface area (Å²) in [4.78, 5) is 27.8. The van der Waals surface area contributed by atoms with Crippen molar-refractivity contribution < 1.29 is 28.3 Å². The summed E-state index contributed by atoms with van der Waals surface area (Å²) in [6.07, 6.45) is 0. The number of aromatic nitrogens is 2. The van der Waals surface area contributed by atoms with E-state index in [4.69, 9.17) is 9.26 Å². The van der Waals surface area contributed by atoms with E-state index in [9.17, 15) is 9.59 Å². The lowest BCUT2D eigenvalue weighted by molar-refractivity contribution is 0.0598. The molecule has 0 fully saturated rings. The number of carbonyl (C=O) groups excluding carboxylic acids is 2. The van der Waals surface area contributed by atoms with Crippen LogP contribution in [0, 0.1) is 0 Å². The van der Waals surface area contributed by atoms with Crippen LogP contribution >= 0.6 is 0 Å². The fourth-order valence-electron chi connectivity index (χ4n) is 2.32. The highest BCUT2D eigenvalue weighted by atomic mass is 16.5. The summed E-state index contributed by atoms with van der Waals surface area (Å²) in [6.45, 7) is -0.0366. The number of benzene rings is 2. The summed E-state index contributed by atoms with van der Waals surface area (Å²) in [5.74, 6) is -0.257. The lowest BCUT2D eigenvalue weighted by atomic mass is 10.1. The van der Waals surface area contributed by atoms with Crippen molar-refractivity contribution in [2.45, 2.75) is 6.61 Å². The molecule has 0 aliphatic rings. The summed E-state index contributed by atoms with van der Waals surface area (Å²) < 4.78 is 20.1. The second-order valence-corrected chi connectivity index (χ2v) is 5.40. The fraction of sp³-hybridized carbons (Fsp3) is 0.158. The van der Waals surface area contributed by atoms with Gasteiger partial charge in [0.2, 0.25) is 5.82 Å². The minimum atomic E-state index is -0.602. The van der Waals surface area contributed by atoms with E-state index in [1.807, 2.05) is 30.3 Å². The maximum atomic E-state index is 11.8. The number of carbonyl (C=O) groups is 2. The molecule has 0 unspecified atom stereocenters. The van der Waals surface area contributed by atoms with Crippen LogP contribution in [0.25, 0.3) is 11.4 Å². The Hall–Kier alpha value is -3.68. The molecule has 0 radical (unpaired) electrons. The van der Waals surface area contributed by atoms with Gasteiger partial charge < -0.3 is 18.7 Å². The molecule has 0 aliphatic carbocycles. The number of ether oxygens (including phenoxy) is 3. The molecule has 0 amide bonds. The molecule has 1 aromatic heterocycles. The molecule has 0 atom stereocenters. The van der Waals surface area contributed by atoms with Crippen LogP contribution in [0.1, 0.15) is 26.6 Å². The van der Waals surface area contributed by atoms with E-state index in [2.05, 4.69) is 19.6 Å². The van der Waals surface area contributed by atoms with Crippen molar-refractivity contribution in [2.75, 3.05) is 14.2 Å². The van der Waals surface area contributed by atoms with Crippen LogP contribution in [-0.2, 0) is 16.1 Å². The van der Waals surface area contributed by atoms with Gasteiger partial charge in [0.15, 0.2) is 6.61 Å². The standard InChI is InChI=1S/C19H16N2O6/c1-24-18(22)13-8-14(19(23)25-2)10-15(9-13)26-11-16-20-17(21-27-16)12-6-4-3-5-7-12/h3-10H,11H2,1-2H3. The van der Waals surface area contributed by atoms with Crippen LogP contribution in [0.2, 0.25) is 0 Å². The van der Waals surface area contributed by atoms with Gasteiger partial charge in [0, 0.05) is 5.56 Å². The van der Waals surface area contributed by atoms with Crippen LogP contribution in [0.5, 0.6) is 5.75 Å². The van der Waals surface area contributed by atoms with Crippen LogP contribution in [0.3, 0.4) is 0 Å². The Balaban J connectivity index is 1.78. The van der Waals surface area contributed by atoms with Gasteiger partial charge in [-0.05, 0) is 18.2 Å². The van der Waals surface area contributed by atoms with Gasteiger partial charge in [0.1, 0.15) is 5.75 Å². The molecule has 3 rings (SSSR count). The van der Waals surface area contributed by atoms with Gasteiger partial charge in [-0.15, -0.1) is 0 Å². The molecule has 0 saturated heterocycles. The van der Waals surface area contributed by atoms with E-state index >= 15 is 0 Å². The Kier molecular flexibility index (Phi) is 5.46. The van der Waals surface area contributed by atoms with Gasteiger partial charge >= 0.3 is 11.9 Å². The second-order valence-electron chi connectivity index (χ2n) is 5.40. The molecule has 0 saturated carbocycles. The van der Waals surface area contributed by atoms with Gasteiger partial charge in [-0.2, -0.15) is 4.98 Å². The van der Waals surface area contributed by atoms with Crippen molar-refractivity contribution in [3.8, 4) is 17.1 Å². The normalized spacial score (nSPS) is 10.3. The van der Waals surface area contributed by atoms with Gasteiger partial charge in [-0.1, -0.05) is 35.5 Å². The van der Waals surface area contributed by atoms with E-state index in [0.29, 0.717) is 5.82 Å². The number of methoxy groups -OCH3 is 2. The predicted molar refractivity (Wildman–Crippen MR) is 93.2 cm³/mol. The SMILES string of the molecule is COC(=O)c1cc(OCc2nc(-c3ccccc3)no2)cc(C(=O)OC)c1. The first-order chi connectivity index (χ1) is 13.1.